The Morgan fingerprint density at radius 2 is 1.90 bits per heavy atom. The van der Waals surface area contributed by atoms with Gasteiger partial charge in [-0.15, -0.1) is 0 Å². The number of β-amino-alcohol motifs (C(OH)–C–C–N with tert-alkyl or cyclic N) is 1. The number of aromatic nitrogens is 4. The third kappa shape index (κ3) is 4.46. The van der Waals surface area contributed by atoms with Gasteiger partial charge in [0, 0.05) is 55.4 Å². The molecule has 210 valence electrons. The van der Waals surface area contributed by atoms with E-state index < -0.39 is 12.2 Å². The number of likely N-dealkylation sites (N-methyl/N-ethyl adjacent to an activating group) is 1. The van der Waals surface area contributed by atoms with Crippen LogP contribution in [-0.4, -0.2) is 90.2 Å². The molecule has 0 unspecified atom stereocenters. The fourth-order valence-electron chi connectivity index (χ4n) is 7.02. The van der Waals surface area contributed by atoms with Crippen LogP contribution in [0.5, 0.6) is 0 Å². The predicted octanol–water partition coefficient (Wildman–Crippen LogP) is 2.30. The van der Waals surface area contributed by atoms with Crippen LogP contribution in [0.15, 0.2) is 24.4 Å². The molecule has 3 N–H and O–H groups in total. The second-order valence-corrected chi connectivity index (χ2v) is 11.8. The third-order valence-corrected chi connectivity index (χ3v) is 9.10. The summed E-state index contributed by atoms with van der Waals surface area (Å²) >= 11 is 0. The Kier molecular flexibility index (Phi) is 6.32. The first-order chi connectivity index (χ1) is 19.3. The molecule has 3 saturated heterocycles. The van der Waals surface area contributed by atoms with Crippen molar-refractivity contribution in [3.8, 4) is 0 Å². The molecule has 0 spiro atoms. The average Bonchev–Trinajstić information content (AvgIpc) is 3.65. The first kappa shape index (κ1) is 25.6. The number of nitrogens with one attached hydrogen (secondary N) is 1. The zero-order chi connectivity index (χ0) is 27.5. The lowest BCUT2D eigenvalue weighted by Crippen LogP contribution is -2.46. The van der Waals surface area contributed by atoms with Crippen LogP contribution in [0.25, 0.3) is 10.9 Å². The number of likely N-dealkylation sites (tertiary alicyclic amines) is 1. The van der Waals surface area contributed by atoms with E-state index in [0.29, 0.717) is 62.0 Å². The number of hydrogen-bond donors (Lipinski definition) is 3. The van der Waals surface area contributed by atoms with E-state index in [0.717, 1.165) is 28.0 Å². The summed E-state index contributed by atoms with van der Waals surface area (Å²) in [7, 11) is 1.89. The molecule has 7 heterocycles. The van der Waals surface area contributed by atoms with E-state index >= 15 is 0 Å². The Labute approximate surface area is 233 Å². The fourth-order valence-corrected chi connectivity index (χ4v) is 7.02. The quantitative estimate of drug-likeness (QED) is 0.440. The van der Waals surface area contributed by atoms with Crippen LogP contribution in [0.1, 0.15) is 62.1 Å². The molecule has 0 aliphatic carbocycles. The number of amides is 1. The number of rotatable bonds is 5. The van der Waals surface area contributed by atoms with Gasteiger partial charge in [0.05, 0.1) is 23.9 Å². The molecule has 40 heavy (non-hydrogen) atoms. The summed E-state index contributed by atoms with van der Waals surface area (Å²) in [5.41, 5.74) is 3.42. The number of carbonyl (C=O) groups is 1. The van der Waals surface area contributed by atoms with Crippen molar-refractivity contribution in [2.24, 2.45) is 0 Å². The molecule has 4 aliphatic heterocycles. The largest absolute Gasteiger partial charge is 0.392 e. The number of fused-ring (bicyclic) bond motifs is 4. The summed E-state index contributed by atoms with van der Waals surface area (Å²) < 4.78 is 0. The molecule has 3 atom stereocenters. The summed E-state index contributed by atoms with van der Waals surface area (Å²) in [6, 6.07) is 6.49. The maximum Gasteiger partial charge on any atom is 0.240 e. The molecular weight excluding hydrogens is 508 g/mol. The first-order valence-electron chi connectivity index (χ1n) is 14.4. The van der Waals surface area contributed by atoms with E-state index in [2.05, 4.69) is 15.2 Å². The monoisotopic (exact) mass is 544 g/mol. The molecule has 3 fully saturated rings. The van der Waals surface area contributed by atoms with E-state index in [4.69, 9.17) is 15.0 Å². The van der Waals surface area contributed by atoms with Crippen LogP contribution in [0, 0.1) is 0 Å². The van der Waals surface area contributed by atoms with Crippen molar-refractivity contribution in [2.45, 2.75) is 82.3 Å². The lowest BCUT2D eigenvalue weighted by molar-refractivity contribution is -0.136. The molecule has 11 nitrogen and oxygen atoms in total. The Balaban J connectivity index is 1.13. The van der Waals surface area contributed by atoms with Gasteiger partial charge in [-0.3, -0.25) is 9.69 Å². The topological polar surface area (TPSA) is 131 Å². The van der Waals surface area contributed by atoms with Gasteiger partial charge in [0.1, 0.15) is 11.3 Å². The van der Waals surface area contributed by atoms with Crippen LogP contribution in [0.4, 0.5) is 17.6 Å². The molecule has 0 radical (unpaired) electrons. The Morgan fingerprint density at radius 3 is 2.60 bits per heavy atom. The van der Waals surface area contributed by atoms with Crippen molar-refractivity contribution >= 4 is 34.4 Å². The van der Waals surface area contributed by atoms with Crippen molar-refractivity contribution in [1.29, 1.82) is 0 Å². The van der Waals surface area contributed by atoms with Crippen molar-refractivity contribution in [3.63, 3.8) is 0 Å². The minimum Gasteiger partial charge on any atom is -0.392 e. The molecule has 0 aromatic carbocycles. The van der Waals surface area contributed by atoms with Crippen LogP contribution in [0.2, 0.25) is 0 Å². The summed E-state index contributed by atoms with van der Waals surface area (Å²) in [6.45, 7) is 3.40. The zero-order valence-electron chi connectivity index (χ0n) is 23.0. The molecule has 4 aliphatic rings. The number of nitrogens with zero attached hydrogens (tertiary/aromatic N) is 7. The average molecular weight is 545 g/mol. The van der Waals surface area contributed by atoms with Crippen LogP contribution in [0.3, 0.4) is 0 Å². The highest BCUT2D eigenvalue weighted by Gasteiger charge is 2.41. The van der Waals surface area contributed by atoms with E-state index in [1.54, 1.807) is 13.1 Å². The Morgan fingerprint density at radius 1 is 1.12 bits per heavy atom. The maximum absolute atomic E-state index is 13.1. The molecule has 1 amide bonds. The lowest BCUT2D eigenvalue weighted by atomic mass is 10.0. The number of hydrogen-bond acceptors (Lipinski definition) is 10. The molecule has 11 heteroatoms. The van der Waals surface area contributed by atoms with Crippen LogP contribution in [-0.2, 0) is 17.8 Å². The normalized spacial score (nSPS) is 26.9. The molecule has 7 rings (SSSR count). The van der Waals surface area contributed by atoms with Gasteiger partial charge in [-0.1, -0.05) is 6.07 Å². The highest BCUT2D eigenvalue weighted by atomic mass is 16.3. The van der Waals surface area contributed by atoms with Gasteiger partial charge in [0.25, 0.3) is 0 Å². The van der Waals surface area contributed by atoms with Crippen molar-refractivity contribution in [3.05, 3.63) is 41.3 Å². The number of anilines is 3. The second kappa shape index (κ2) is 9.90. The molecular formula is C29H36N8O3. The van der Waals surface area contributed by atoms with E-state index in [1.165, 1.54) is 25.7 Å². The van der Waals surface area contributed by atoms with Gasteiger partial charge in [0.15, 0.2) is 5.82 Å². The molecule has 0 saturated carbocycles. The van der Waals surface area contributed by atoms with E-state index in [9.17, 15) is 15.0 Å². The highest BCUT2D eigenvalue weighted by molar-refractivity contribution is 5.90. The third-order valence-electron chi connectivity index (χ3n) is 9.10. The lowest BCUT2D eigenvalue weighted by Gasteiger charge is -2.32. The van der Waals surface area contributed by atoms with Gasteiger partial charge >= 0.3 is 0 Å². The Hall–Kier alpha value is -3.41. The van der Waals surface area contributed by atoms with Crippen molar-refractivity contribution in [1.82, 2.24) is 29.7 Å². The second-order valence-electron chi connectivity index (χ2n) is 11.8. The minimum absolute atomic E-state index is 0.0751. The number of pyridine rings is 2. The predicted molar refractivity (Wildman–Crippen MR) is 150 cm³/mol. The summed E-state index contributed by atoms with van der Waals surface area (Å²) in [6.07, 6.45) is 6.52. The van der Waals surface area contributed by atoms with E-state index in [-0.39, 0.29) is 11.9 Å². The fraction of sp³-hybridized carbons (Fsp3) is 0.552. The standard InChI is InChI=1S/C29H36N8O3/c1-16(38)23-11-18-13-30-29(34-26(18)27(32-23)37-19-4-5-20(37)7-6-19)33-25-8-3-17-14-36(10-9-22(17)31-25)28(40)24-12-21(39)15-35(24)2/h3,8,11,13,16,19-21,24,38-39H,4-7,9-10,12,14-15H2,1-2H3,(H,30,31,33,34)/t16-,19?,20?,21-,24-/m1/s1. The van der Waals surface area contributed by atoms with Crippen molar-refractivity contribution in [2.75, 3.05) is 30.4 Å². The number of carbonyl (C=O) groups excluding carboxylic acids is 1. The SMILES string of the molecule is C[C@@H](O)c1cc2cnc(Nc3ccc4c(n3)CCN(C(=O)[C@H]3C[C@@H](O)CN3C)C4)nc2c(N2C3CCC2CC3)n1. The summed E-state index contributed by atoms with van der Waals surface area (Å²) in [5.74, 6) is 2.03. The first-order valence-corrected chi connectivity index (χ1v) is 14.4. The van der Waals surface area contributed by atoms with Gasteiger partial charge in [0.2, 0.25) is 11.9 Å². The van der Waals surface area contributed by atoms with Crippen LogP contribution < -0.4 is 10.2 Å². The smallest absolute Gasteiger partial charge is 0.240 e. The number of aliphatic hydroxyl groups excluding tert-OH is 2. The van der Waals surface area contributed by atoms with Gasteiger partial charge in [-0.05, 0) is 63.8 Å². The van der Waals surface area contributed by atoms with Gasteiger partial charge < -0.3 is 25.3 Å². The van der Waals surface area contributed by atoms with Crippen molar-refractivity contribution < 1.29 is 15.0 Å². The summed E-state index contributed by atoms with van der Waals surface area (Å²) in [4.78, 5) is 38.5. The Bertz CT molecular complexity index is 1440. The van der Waals surface area contributed by atoms with Crippen LogP contribution >= 0.6 is 0 Å². The zero-order valence-corrected chi connectivity index (χ0v) is 23.0. The highest BCUT2D eigenvalue weighted by Crippen LogP contribution is 2.42. The number of aliphatic hydroxyl groups is 2. The molecule has 2 bridgehead atoms. The van der Waals surface area contributed by atoms with E-state index in [1.807, 2.05) is 35.0 Å². The molecule has 3 aromatic rings. The summed E-state index contributed by atoms with van der Waals surface area (Å²) in [5, 5.41) is 24.4. The maximum atomic E-state index is 13.1. The van der Waals surface area contributed by atoms with Gasteiger partial charge in [-0.25, -0.2) is 19.9 Å². The van der Waals surface area contributed by atoms with Gasteiger partial charge in [-0.2, -0.15) is 0 Å². The molecule has 3 aromatic heterocycles. The minimum atomic E-state index is -0.669.